The average Bonchev–Trinajstić information content (AvgIpc) is 2.77. The highest BCUT2D eigenvalue weighted by Crippen LogP contribution is 2.28. The highest BCUT2D eigenvalue weighted by Gasteiger charge is 2.11. The van der Waals surface area contributed by atoms with Gasteiger partial charge in [-0.1, -0.05) is 18.3 Å². The normalized spacial score (nSPS) is 10.2. The zero-order valence-corrected chi connectivity index (χ0v) is 14.4. The largest absolute Gasteiger partial charge is 0.486 e. The molecule has 4 nitrogen and oxygen atoms in total. The van der Waals surface area contributed by atoms with Crippen molar-refractivity contribution < 1.29 is 9.53 Å². The summed E-state index contributed by atoms with van der Waals surface area (Å²) in [6, 6.07) is 8.93. The fraction of sp³-hybridized carbons (Fsp3) is 0.143. The van der Waals surface area contributed by atoms with E-state index in [0.29, 0.717) is 16.3 Å². The van der Waals surface area contributed by atoms with Crippen LogP contribution in [0.3, 0.4) is 0 Å². The number of rotatable bonds is 5. The number of nitrogens with two attached hydrogens (primary N) is 1. The number of anilines is 1. The Balaban J connectivity index is 2.07. The minimum Gasteiger partial charge on any atom is -0.486 e. The number of benzene rings is 1. The van der Waals surface area contributed by atoms with Gasteiger partial charge in [-0.15, -0.1) is 11.3 Å². The van der Waals surface area contributed by atoms with Crippen LogP contribution in [0.1, 0.15) is 15.2 Å². The van der Waals surface area contributed by atoms with Gasteiger partial charge in [0.15, 0.2) is 0 Å². The summed E-state index contributed by atoms with van der Waals surface area (Å²) in [6.45, 7) is 2.12. The first-order valence-corrected chi connectivity index (χ1v) is 8.06. The summed E-state index contributed by atoms with van der Waals surface area (Å²) in [6.07, 6.45) is 0. The van der Waals surface area contributed by atoms with Gasteiger partial charge in [0, 0.05) is 11.8 Å². The van der Waals surface area contributed by atoms with E-state index in [9.17, 15) is 4.79 Å². The van der Waals surface area contributed by atoms with Crippen LogP contribution in [0.2, 0.25) is 0 Å². The van der Waals surface area contributed by atoms with E-state index in [1.54, 1.807) is 24.3 Å². The zero-order chi connectivity index (χ0) is 15.4. The highest BCUT2D eigenvalue weighted by molar-refractivity contribution is 9.11. The van der Waals surface area contributed by atoms with Crippen LogP contribution in [0.5, 0.6) is 5.75 Å². The number of aryl methyl sites for hydroxylation is 1. The van der Waals surface area contributed by atoms with E-state index in [4.69, 9.17) is 22.7 Å². The van der Waals surface area contributed by atoms with E-state index >= 15 is 0 Å². The number of carbonyl (C=O) groups is 1. The topological polar surface area (TPSA) is 64.3 Å². The van der Waals surface area contributed by atoms with Gasteiger partial charge in [-0.2, -0.15) is 0 Å². The molecule has 0 saturated carbocycles. The molecule has 0 unspecified atom stereocenters. The second-order valence-electron chi connectivity index (χ2n) is 4.30. The molecule has 2 aromatic rings. The van der Waals surface area contributed by atoms with Crippen LogP contribution in [0.15, 0.2) is 34.1 Å². The van der Waals surface area contributed by atoms with Crippen LogP contribution >= 0.6 is 39.5 Å². The fourth-order valence-electron chi connectivity index (χ4n) is 1.58. The molecule has 0 aliphatic rings. The Hall–Kier alpha value is -1.44. The lowest BCUT2D eigenvalue weighted by atomic mass is 10.3. The third kappa shape index (κ3) is 4.52. The number of halogens is 1. The second-order valence-corrected chi connectivity index (χ2v) is 7.20. The van der Waals surface area contributed by atoms with Crippen molar-refractivity contribution in [2.75, 3.05) is 11.9 Å². The van der Waals surface area contributed by atoms with E-state index in [0.717, 1.165) is 9.35 Å². The van der Waals surface area contributed by atoms with E-state index in [2.05, 4.69) is 21.2 Å². The van der Waals surface area contributed by atoms with Gasteiger partial charge in [-0.05, 0) is 46.6 Å². The first kappa shape index (κ1) is 15.9. The van der Waals surface area contributed by atoms with E-state index in [-0.39, 0.29) is 17.5 Å². The number of nitrogens with one attached hydrogen (secondary N) is 1. The Morgan fingerprint density at radius 3 is 2.86 bits per heavy atom. The summed E-state index contributed by atoms with van der Waals surface area (Å²) in [7, 11) is 0. The molecule has 7 heteroatoms. The van der Waals surface area contributed by atoms with Crippen molar-refractivity contribution in [2.45, 2.75) is 6.92 Å². The summed E-state index contributed by atoms with van der Waals surface area (Å²) in [5, 5.41) is 2.83. The number of thiocarbonyl (C=S) groups is 1. The van der Waals surface area contributed by atoms with Crippen molar-refractivity contribution in [3.8, 4) is 5.75 Å². The third-order valence-electron chi connectivity index (χ3n) is 2.55. The van der Waals surface area contributed by atoms with Gasteiger partial charge < -0.3 is 15.8 Å². The van der Waals surface area contributed by atoms with E-state index < -0.39 is 0 Å². The fourth-order valence-corrected chi connectivity index (χ4v) is 3.07. The van der Waals surface area contributed by atoms with Gasteiger partial charge in [0.05, 0.1) is 8.66 Å². The second kappa shape index (κ2) is 7.02. The maximum Gasteiger partial charge on any atom is 0.265 e. The molecule has 0 aliphatic heterocycles. The predicted molar refractivity (Wildman–Crippen MR) is 93.4 cm³/mol. The van der Waals surface area contributed by atoms with Crippen molar-refractivity contribution in [1.29, 1.82) is 0 Å². The van der Waals surface area contributed by atoms with Gasteiger partial charge >= 0.3 is 0 Å². The first-order chi connectivity index (χ1) is 9.95. The number of hydrogen-bond donors (Lipinski definition) is 2. The van der Waals surface area contributed by atoms with Crippen LogP contribution in [-0.4, -0.2) is 17.5 Å². The zero-order valence-electron chi connectivity index (χ0n) is 11.2. The molecule has 0 fully saturated rings. The lowest BCUT2D eigenvalue weighted by Crippen LogP contribution is -2.18. The van der Waals surface area contributed by atoms with Crippen LogP contribution in [0, 0.1) is 6.92 Å². The van der Waals surface area contributed by atoms with Crippen LogP contribution in [0.4, 0.5) is 5.69 Å². The van der Waals surface area contributed by atoms with Gasteiger partial charge in [0.2, 0.25) is 0 Å². The van der Waals surface area contributed by atoms with Crippen LogP contribution in [0.25, 0.3) is 0 Å². The molecular formula is C14H13BrN2O2S2. The quantitative estimate of drug-likeness (QED) is 0.770. The minimum atomic E-state index is -0.153. The summed E-state index contributed by atoms with van der Waals surface area (Å²) in [4.78, 5) is 13.1. The molecule has 1 amide bonds. The molecular weight excluding hydrogens is 372 g/mol. The molecule has 0 atom stereocenters. The Labute approximate surface area is 140 Å². The van der Waals surface area contributed by atoms with Crippen LogP contribution in [-0.2, 0) is 0 Å². The summed E-state index contributed by atoms with van der Waals surface area (Å²) < 4.78 is 6.36. The van der Waals surface area contributed by atoms with Gasteiger partial charge in [-0.25, -0.2) is 0 Å². The van der Waals surface area contributed by atoms with Crippen molar-refractivity contribution in [3.05, 3.63) is 44.6 Å². The number of amides is 1. The summed E-state index contributed by atoms with van der Waals surface area (Å²) in [5.41, 5.74) is 7.08. The number of carbonyl (C=O) groups excluding carboxylic acids is 1. The van der Waals surface area contributed by atoms with Crippen molar-refractivity contribution in [3.63, 3.8) is 0 Å². The molecule has 3 N–H and O–H groups in total. The molecule has 2 rings (SSSR count). The standard InChI is InChI=1S/C14H13BrN2O2S2/c1-8-5-11(21-13(8)15)14(18)17-9-3-2-4-10(6-9)19-7-12(16)20/h2-6H,7H2,1H3,(H2,16,20)(H,17,18). The molecule has 0 bridgehead atoms. The molecule has 1 heterocycles. The number of thiophene rings is 1. The smallest absolute Gasteiger partial charge is 0.265 e. The minimum absolute atomic E-state index is 0.153. The monoisotopic (exact) mass is 384 g/mol. The Bertz CT molecular complexity index is 666. The van der Waals surface area contributed by atoms with Gasteiger partial charge in [0.25, 0.3) is 5.91 Å². The molecule has 21 heavy (non-hydrogen) atoms. The average molecular weight is 385 g/mol. The third-order valence-corrected chi connectivity index (χ3v) is 4.81. The molecule has 110 valence electrons. The molecule has 0 radical (unpaired) electrons. The predicted octanol–water partition coefficient (Wildman–Crippen LogP) is 3.74. The van der Waals surface area contributed by atoms with Crippen LogP contribution < -0.4 is 15.8 Å². The Morgan fingerprint density at radius 2 is 2.24 bits per heavy atom. The van der Waals surface area contributed by atoms with Gasteiger partial charge in [0.1, 0.15) is 17.3 Å². The molecule has 1 aromatic carbocycles. The molecule has 0 aliphatic carbocycles. The maximum atomic E-state index is 12.2. The van der Waals surface area contributed by atoms with Crippen molar-refractivity contribution in [1.82, 2.24) is 0 Å². The Kier molecular flexibility index (Phi) is 5.33. The molecule has 0 spiro atoms. The number of ether oxygens (including phenoxy) is 1. The van der Waals surface area contributed by atoms with Crippen molar-refractivity contribution in [2.24, 2.45) is 5.73 Å². The maximum absolute atomic E-state index is 12.2. The molecule has 0 saturated heterocycles. The number of hydrogen-bond acceptors (Lipinski definition) is 4. The van der Waals surface area contributed by atoms with E-state index in [1.807, 2.05) is 13.0 Å². The first-order valence-electron chi connectivity index (χ1n) is 6.04. The van der Waals surface area contributed by atoms with E-state index in [1.165, 1.54) is 11.3 Å². The highest BCUT2D eigenvalue weighted by atomic mass is 79.9. The Morgan fingerprint density at radius 1 is 1.48 bits per heavy atom. The lowest BCUT2D eigenvalue weighted by Gasteiger charge is -2.08. The van der Waals surface area contributed by atoms with Gasteiger partial charge in [-0.3, -0.25) is 4.79 Å². The SMILES string of the molecule is Cc1cc(C(=O)Nc2cccc(OCC(N)=S)c2)sc1Br. The summed E-state index contributed by atoms with van der Waals surface area (Å²) >= 11 is 9.57. The lowest BCUT2D eigenvalue weighted by molar-refractivity contribution is 0.103. The van der Waals surface area contributed by atoms with Crippen molar-refractivity contribution >= 4 is 56.1 Å². The molecule has 1 aromatic heterocycles. The summed E-state index contributed by atoms with van der Waals surface area (Å²) in [5.74, 6) is 0.449.